The Morgan fingerprint density at radius 2 is 1.71 bits per heavy atom. The van der Waals surface area contributed by atoms with Crippen molar-refractivity contribution in [2.75, 3.05) is 14.2 Å². The highest BCUT2D eigenvalue weighted by molar-refractivity contribution is 6.24. The lowest BCUT2D eigenvalue weighted by atomic mass is 9.84. The largest absolute Gasteiger partial charge is 0.510 e. The number of carbonyl (C=O) groups is 2. The topological polar surface area (TPSA) is 122 Å². The zero-order valence-corrected chi connectivity index (χ0v) is 26.8. The van der Waals surface area contributed by atoms with Gasteiger partial charge in [-0.05, 0) is 74.1 Å². The van der Waals surface area contributed by atoms with E-state index >= 15 is 0 Å². The fourth-order valence-corrected chi connectivity index (χ4v) is 7.15. The molecular weight excluding hydrogens is 568 g/mol. The van der Waals surface area contributed by atoms with Crippen molar-refractivity contribution < 1.29 is 24.2 Å². The summed E-state index contributed by atoms with van der Waals surface area (Å²) in [5, 5.41) is 15.2. The second kappa shape index (κ2) is 11.3. The number of methoxy groups -OCH3 is 2. The number of aliphatic hydroxyl groups excluding tert-OH is 1. The Balaban J connectivity index is 1.66. The Morgan fingerprint density at radius 3 is 2.38 bits per heavy atom. The van der Waals surface area contributed by atoms with Gasteiger partial charge in [0.1, 0.15) is 11.7 Å². The highest BCUT2D eigenvalue weighted by atomic mass is 16.5. The van der Waals surface area contributed by atoms with Crippen molar-refractivity contribution in [3.63, 3.8) is 0 Å². The SMILES string of the molecule is C=CC1=C(C)C2=NC1=CC1=NC(=CC3=C(C)C4=C(O)[C@H](C(=O)OC)C(=C5NC(=C2)C(C)[C@@H]5CCC(=O)OC)C4=N3)C(CC)=C1C. The van der Waals surface area contributed by atoms with Gasteiger partial charge in [-0.1, -0.05) is 26.5 Å². The smallest absolute Gasteiger partial charge is 0.321 e. The standard InChI is InChI=1S/C36H38N4O5/c1-9-20-16(3)23-13-25-18(5)22(11-12-29(41)44-7)33(39-25)31-32(36(43)45-8)35(42)30-19(6)26(40-34(30)31)15-28-21(10-2)17(4)24(38-28)14-27(20)37-23/h9,13-15,18,22,32,39,42H,1,10-12H2,2-8H3/t18?,22-,32+/m0/s1. The van der Waals surface area contributed by atoms with Gasteiger partial charge in [0.25, 0.3) is 0 Å². The fourth-order valence-electron chi connectivity index (χ4n) is 7.15. The molecular formula is C36H38N4O5. The number of carbonyl (C=O) groups excluding carboxylic acids is 2. The van der Waals surface area contributed by atoms with Crippen LogP contribution in [0.3, 0.4) is 0 Å². The van der Waals surface area contributed by atoms with E-state index in [2.05, 4.69) is 32.7 Å². The number of fused-ring (bicyclic) bond motifs is 5. The van der Waals surface area contributed by atoms with Gasteiger partial charge >= 0.3 is 11.9 Å². The summed E-state index contributed by atoms with van der Waals surface area (Å²) in [6.45, 7) is 14.3. The molecule has 1 fully saturated rings. The monoisotopic (exact) mass is 606 g/mol. The molecule has 5 heterocycles. The van der Waals surface area contributed by atoms with Gasteiger partial charge in [0, 0.05) is 46.4 Å². The molecule has 0 aromatic carbocycles. The van der Waals surface area contributed by atoms with Crippen molar-refractivity contribution in [2.45, 2.75) is 53.9 Å². The average molecular weight is 607 g/mol. The second-order valence-electron chi connectivity index (χ2n) is 12.0. The second-order valence-corrected chi connectivity index (χ2v) is 12.0. The number of rotatable bonds is 6. The van der Waals surface area contributed by atoms with E-state index < -0.39 is 11.9 Å². The van der Waals surface area contributed by atoms with E-state index in [1.807, 2.05) is 38.2 Å². The number of esters is 2. The Labute approximate surface area is 263 Å². The van der Waals surface area contributed by atoms with Gasteiger partial charge in [0.05, 0.1) is 48.4 Å². The summed E-state index contributed by atoms with van der Waals surface area (Å²) < 4.78 is 10.2. The molecule has 9 nitrogen and oxygen atoms in total. The van der Waals surface area contributed by atoms with Crippen LogP contribution >= 0.6 is 0 Å². The Morgan fingerprint density at radius 1 is 1.00 bits per heavy atom. The number of hydrogen-bond acceptors (Lipinski definition) is 9. The maximum atomic E-state index is 13.3. The van der Waals surface area contributed by atoms with Gasteiger partial charge in [-0.15, -0.1) is 0 Å². The molecule has 6 rings (SSSR count). The molecule has 0 saturated carbocycles. The van der Waals surface area contributed by atoms with Crippen LogP contribution in [0, 0.1) is 17.8 Å². The van der Waals surface area contributed by atoms with E-state index in [9.17, 15) is 14.7 Å². The third-order valence-electron chi connectivity index (χ3n) is 9.75. The zero-order valence-electron chi connectivity index (χ0n) is 26.8. The summed E-state index contributed by atoms with van der Waals surface area (Å²) in [5.41, 5.74) is 12.0. The van der Waals surface area contributed by atoms with E-state index in [1.165, 1.54) is 14.2 Å². The number of ether oxygens (including phenoxy) is 2. The molecule has 0 aromatic rings. The first-order valence-corrected chi connectivity index (χ1v) is 15.3. The Kier molecular flexibility index (Phi) is 7.59. The molecule has 5 aliphatic heterocycles. The van der Waals surface area contributed by atoms with Crippen molar-refractivity contribution in [3.05, 3.63) is 104 Å². The van der Waals surface area contributed by atoms with E-state index in [0.717, 1.165) is 68.5 Å². The van der Waals surface area contributed by atoms with Gasteiger partial charge in [0.15, 0.2) is 0 Å². The number of aliphatic imine (C=N–C) groups is 3. The summed E-state index contributed by atoms with van der Waals surface area (Å²) >= 11 is 0. The molecule has 2 N–H and O–H groups in total. The van der Waals surface area contributed by atoms with Gasteiger partial charge in [-0.2, -0.15) is 0 Å². The van der Waals surface area contributed by atoms with Gasteiger partial charge in [0.2, 0.25) is 0 Å². The number of hydrogen-bond donors (Lipinski definition) is 2. The molecule has 1 saturated heterocycles. The third kappa shape index (κ3) is 4.64. The van der Waals surface area contributed by atoms with Crippen molar-refractivity contribution in [3.8, 4) is 0 Å². The van der Waals surface area contributed by atoms with Crippen LogP contribution in [-0.2, 0) is 19.1 Å². The van der Waals surface area contributed by atoms with Crippen LogP contribution in [0.5, 0.6) is 0 Å². The van der Waals surface area contributed by atoms with Crippen molar-refractivity contribution in [1.29, 1.82) is 0 Å². The van der Waals surface area contributed by atoms with Gasteiger partial charge < -0.3 is 19.9 Å². The van der Waals surface area contributed by atoms with Crippen LogP contribution in [0.4, 0.5) is 0 Å². The molecule has 8 bridgehead atoms. The first kappa shape index (κ1) is 30.2. The van der Waals surface area contributed by atoms with Crippen LogP contribution < -0.4 is 5.32 Å². The summed E-state index contributed by atoms with van der Waals surface area (Å²) in [5.74, 6) is -2.33. The van der Waals surface area contributed by atoms with Crippen LogP contribution in [0.25, 0.3) is 0 Å². The summed E-state index contributed by atoms with van der Waals surface area (Å²) in [6, 6.07) is 0. The first-order valence-electron chi connectivity index (χ1n) is 15.3. The lowest BCUT2D eigenvalue weighted by molar-refractivity contribution is -0.143. The molecule has 45 heavy (non-hydrogen) atoms. The Bertz CT molecular complexity index is 1830. The molecule has 0 spiro atoms. The lowest BCUT2D eigenvalue weighted by Gasteiger charge is -2.20. The van der Waals surface area contributed by atoms with E-state index in [-0.39, 0.29) is 30.0 Å². The molecule has 1 unspecified atom stereocenters. The zero-order chi connectivity index (χ0) is 32.3. The summed E-state index contributed by atoms with van der Waals surface area (Å²) in [7, 11) is 2.69. The van der Waals surface area contributed by atoms with Crippen molar-refractivity contribution in [1.82, 2.24) is 5.32 Å². The Hall–Kier alpha value is -4.79. The molecule has 0 radical (unpaired) electrons. The predicted octanol–water partition coefficient (Wildman–Crippen LogP) is 6.20. The van der Waals surface area contributed by atoms with Gasteiger partial charge in [-0.3, -0.25) is 9.59 Å². The van der Waals surface area contributed by atoms with Crippen LogP contribution in [0.15, 0.2) is 119 Å². The lowest BCUT2D eigenvalue weighted by Crippen LogP contribution is -2.25. The maximum absolute atomic E-state index is 13.3. The number of nitrogens with zero attached hydrogens (tertiary/aromatic N) is 3. The number of allylic oxidation sites excluding steroid dienone is 11. The summed E-state index contributed by atoms with van der Waals surface area (Å²) in [6.07, 6.45) is 9.25. The van der Waals surface area contributed by atoms with E-state index in [1.54, 1.807) is 0 Å². The average Bonchev–Trinajstić information content (AvgIpc) is 3.76. The first-order chi connectivity index (χ1) is 21.5. The number of aliphatic hydroxyl groups is 1. The highest BCUT2D eigenvalue weighted by Gasteiger charge is 2.49. The molecule has 0 amide bonds. The van der Waals surface area contributed by atoms with Crippen molar-refractivity contribution >= 4 is 29.1 Å². The normalized spacial score (nSPS) is 25.3. The van der Waals surface area contributed by atoms with Crippen LogP contribution in [0.1, 0.15) is 53.9 Å². The maximum Gasteiger partial charge on any atom is 0.321 e. The molecule has 6 aliphatic rings. The third-order valence-corrected chi connectivity index (χ3v) is 9.75. The minimum absolute atomic E-state index is 0.0802. The molecule has 3 atom stereocenters. The van der Waals surface area contributed by atoms with Gasteiger partial charge in [-0.25, -0.2) is 15.0 Å². The fraction of sp³-hybridized carbons (Fsp3) is 0.361. The quantitative estimate of drug-likeness (QED) is 0.348. The number of nitrogens with one attached hydrogen (secondary N) is 1. The van der Waals surface area contributed by atoms with Crippen LogP contribution in [-0.4, -0.2) is 48.4 Å². The van der Waals surface area contributed by atoms with E-state index in [4.69, 9.17) is 24.5 Å². The minimum Gasteiger partial charge on any atom is -0.510 e. The van der Waals surface area contributed by atoms with E-state index in [0.29, 0.717) is 29.0 Å². The minimum atomic E-state index is -1.06. The van der Waals surface area contributed by atoms with Crippen molar-refractivity contribution in [2.24, 2.45) is 32.7 Å². The molecule has 232 valence electrons. The molecule has 1 aliphatic carbocycles. The van der Waals surface area contributed by atoms with Crippen LogP contribution in [0.2, 0.25) is 0 Å². The molecule has 9 heteroatoms. The highest BCUT2D eigenvalue weighted by Crippen LogP contribution is 2.49. The predicted molar refractivity (Wildman–Crippen MR) is 174 cm³/mol. The summed E-state index contributed by atoms with van der Waals surface area (Å²) in [4.78, 5) is 40.7. The molecule has 0 aromatic heterocycles.